The summed E-state index contributed by atoms with van der Waals surface area (Å²) in [4.78, 5) is 76.1. The number of rotatable bonds is 24. The summed E-state index contributed by atoms with van der Waals surface area (Å²) in [5, 5.41) is 18.0. The number of benzene rings is 2. The fourth-order valence-electron chi connectivity index (χ4n) is 7.97. The van der Waals surface area contributed by atoms with Gasteiger partial charge >= 0.3 is 43.8 Å². The molecule has 0 radical (unpaired) electrons. The summed E-state index contributed by atoms with van der Waals surface area (Å²) in [5.74, 6) is -1.04. The third-order valence-electron chi connectivity index (χ3n) is 12.0. The van der Waals surface area contributed by atoms with Crippen molar-refractivity contribution in [2.45, 2.75) is 189 Å². The molecule has 414 valence electrons. The van der Waals surface area contributed by atoms with Crippen LogP contribution < -0.4 is 0 Å². The Morgan fingerprint density at radius 2 is 0.919 bits per heavy atom. The Kier molecular flexibility index (Phi) is 35.1. The van der Waals surface area contributed by atoms with Gasteiger partial charge < -0.3 is 10.2 Å². The Morgan fingerprint density at radius 3 is 1.34 bits per heavy atom. The van der Waals surface area contributed by atoms with Crippen molar-refractivity contribution < 1.29 is 81.4 Å². The SMILES string of the molecule is CCCC(=O)c1cc2c(c(C(=O)CCC)c1)C(C)(C)C(C)=N2.CCCCC(=O)c1cc(C(=O)CCC)c2c(c1)[N+](CCCCCC(=O)O)=C(C)C2(C)C.O=C(O)CCCCCBr.O=S(=O)=O.O=S(=O)=O.O=S(=O)=O. The van der Waals surface area contributed by atoms with Gasteiger partial charge in [0.15, 0.2) is 28.8 Å². The second kappa shape index (κ2) is 36.6. The van der Waals surface area contributed by atoms with Crippen LogP contribution in [0.4, 0.5) is 11.4 Å². The molecule has 2 aromatic carbocycles. The van der Waals surface area contributed by atoms with Crippen molar-refractivity contribution in [3.8, 4) is 0 Å². The van der Waals surface area contributed by atoms with Crippen molar-refractivity contribution in [2.75, 3.05) is 11.9 Å². The van der Waals surface area contributed by atoms with Gasteiger partial charge in [-0.1, -0.05) is 70.3 Å². The Bertz CT molecular complexity index is 2610. The van der Waals surface area contributed by atoms with E-state index in [4.69, 9.17) is 48.1 Å². The fourth-order valence-corrected chi connectivity index (χ4v) is 8.36. The standard InChI is InChI=1S/C26H37NO4.C19H25NO2.C6H11BrO2.3O3S/c1-6-8-13-22(28)19-16-20(23(29)12-7-2)25-21(17-19)27(18(3)26(25,4)5)15-11-9-10-14-24(30)31;1-6-8-16(21)13-10-14(17(22)9-7-2)18-15(11-13)20-12(3)19(18,4)5;7-5-3-1-2-4-6(8)9;3*1-4(2)3/h16-17H,6-15H2,1-5H3;10-11H,6-9H2,1-5H3;1-5H2,(H,8,9);;;/p+1. The van der Waals surface area contributed by atoms with Crippen LogP contribution in [-0.2, 0) is 52.2 Å². The first-order chi connectivity index (χ1) is 34.4. The highest BCUT2D eigenvalue weighted by Crippen LogP contribution is 2.45. The Balaban J connectivity index is 0. The van der Waals surface area contributed by atoms with Gasteiger partial charge in [0, 0.05) is 96.6 Å². The maximum absolute atomic E-state index is 13.1. The summed E-state index contributed by atoms with van der Waals surface area (Å²) in [6.07, 6.45) is 11.9. The van der Waals surface area contributed by atoms with Crippen molar-refractivity contribution in [2.24, 2.45) is 4.99 Å². The molecule has 23 heteroatoms. The number of unbranched alkanes of at least 4 members (excludes halogenated alkanes) is 5. The third-order valence-corrected chi connectivity index (χ3v) is 12.6. The minimum absolute atomic E-state index is 0.0911. The smallest absolute Gasteiger partial charge is 0.425 e. The van der Waals surface area contributed by atoms with E-state index in [1.807, 2.05) is 45.9 Å². The Morgan fingerprint density at radius 1 is 0.514 bits per heavy atom. The van der Waals surface area contributed by atoms with E-state index >= 15 is 0 Å². The first kappa shape index (κ1) is 70.8. The molecule has 0 fully saturated rings. The van der Waals surface area contributed by atoms with Gasteiger partial charge in [-0.3, -0.25) is 33.8 Å². The highest BCUT2D eigenvalue weighted by atomic mass is 79.9. The number of carboxylic acid groups (broad SMARTS) is 2. The van der Waals surface area contributed by atoms with Crippen LogP contribution in [0.5, 0.6) is 0 Å². The molecular formula is C51H74BrN2O17S3+. The number of hydrogen-bond acceptors (Lipinski definition) is 16. The molecule has 2 aromatic rings. The summed E-state index contributed by atoms with van der Waals surface area (Å²) in [7, 11) is -9.33. The fraction of sp³-hybridized carbons (Fsp3) is 0.608. The van der Waals surface area contributed by atoms with Crippen molar-refractivity contribution in [3.05, 3.63) is 57.6 Å². The molecule has 2 aliphatic heterocycles. The van der Waals surface area contributed by atoms with Gasteiger partial charge in [0.25, 0.3) is 0 Å². The molecule has 0 aliphatic carbocycles. The quantitative estimate of drug-likeness (QED) is 0.0427. The number of fused-ring (bicyclic) bond motifs is 2. The predicted octanol–water partition coefficient (Wildman–Crippen LogP) is 10.1. The number of alkyl halides is 1. The van der Waals surface area contributed by atoms with Crippen LogP contribution in [-0.4, -0.2) is 111 Å². The van der Waals surface area contributed by atoms with E-state index in [1.165, 1.54) is 5.71 Å². The van der Waals surface area contributed by atoms with E-state index in [2.05, 4.69) is 67.0 Å². The molecule has 4 rings (SSSR count). The molecule has 2 aliphatic rings. The zero-order chi connectivity index (χ0) is 57.5. The zero-order valence-electron chi connectivity index (χ0n) is 44.3. The molecular weight excluding hydrogens is 1090 g/mol. The molecule has 0 atom stereocenters. The number of carboxylic acids is 2. The summed E-state index contributed by atoms with van der Waals surface area (Å²) in [6.45, 7) is 21.4. The van der Waals surface area contributed by atoms with Crippen molar-refractivity contribution in [3.63, 3.8) is 0 Å². The Labute approximate surface area is 448 Å². The lowest BCUT2D eigenvalue weighted by atomic mass is 9.77. The van der Waals surface area contributed by atoms with Crippen molar-refractivity contribution in [1.82, 2.24) is 0 Å². The van der Waals surface area contributed by atoms with E-state index in [0.29, 0.717) is 60.8 Å². The number of halogens is 1. The predicted molar refractivity (Wildman–Crippen MR) is 284 cm³/mol. The number of nitrogens with zero attached hydrogens (tertiary/aromatic N) is 2. The second-order valence-corrected chi connectivity index (χ2v) is 20.3. The molecule has 2 N–H and O–H groups in total. The summed E-state index contributed by atoms with van der Waals surface area (Å²) >= 11 is 3.27. The molecule has 0 aromatic heterocycles. The first-order valence-electron chi connectivity index (χ1n) is 24.4. The molecule has 0 spiro atoms. The van der Waals surface area contributed by atoms with Gasteiger partial charge in [0.1, 0.15) is 6.54 Å². The zero-order valence-corrected chi connectivity index (χ0v) is 48.3. The average Bonchev–Trinajstić information content (AvgIpc) is 3.64. The number of hydrogen-bond donors (Lipinski definition) is 2. The molecule has 0 saturated carbocycles. The molecule has 19 nitrogen and oxygen atoms in total. The van der Waals surface area contributed by atoms with Gasteiger partial charge in [0.2, 0.25) is 5.69 Å². The van der Waals surface area contributed by atoms with Crippen LogP contribution in [0.25, 0.3) is 0 Å². The van der Waals surface area contributed by atoms with Crippen LogP contribution in [0.2, 0.25) is 0 Å². The topological polar surface area (TPSA) is 312 Å². The van der Waals surface area contributed by atoms with Crippen LogP contribution in [0.3, 0.4) is 0 Å². The van der Waals surface area contributed by atoms with Gasteiger partial charge in [-0.25, -0.2) is 0 Å². The van der Waals surface area contributed by atoms with Crippen LogP contribution >= 0.6 is 15.9 Å². The summed E-state index contributed by atoms with van der Waals surface area (Å²) < 4.78 is 78.2. The monoisotopic (exact) mass is 1160 g/mol. The number of carbonyl (C=O) groups excluding carboxylic acids is 4. The van der Waals surface area contributed by atoms with Crippen LogP contribution in [0, 0.1) is 0 Å². The average molecular weight is 1160 g/mol. The van der Waals surface area contributed by atoms with Gasteiger partial charge in [-0.2, -0.15) is 4.58 Å². The second-order valence-electron chi connectivity index (χ2n) is 18.3. The van der Waals surface area contributed by atoms with Crippen LogP contribution in [0.1, 0.15) is 231 Å². The third kappa shape index (κ3) is 25.8. The Hall–Kier alpha value is -5.26. The first-order valence-corrected chi connectivity index (χ1v) is 28.5. The largest absolute Gasteiger partial charge is 0.481 e. The van der Waals surface area contributed by atoms with Crippen molar-refractivity contribution in [1.29, 1.82) is 0 Å². The molecule has 74 heavy (non-hydrogen) atoms. The molecule has 0 amide bonds. The lowest BCUT2D eigenvalue weighted by molar-refractivity contribution is -0.439. The molecule has 2 heterocycles. The van der Waals surface area contributed by atoms with E-state index in [0.717, 1.165) is 104 Å². The number of Topliss-reactive ketones (excluding diaryl/α,β-unsaturated/α-hetero) is 4. The van der Waals surface area contributed by atoms with Crippen molar-refractivity contribution >= 4 is 106 Å². The summed E-state index contributed by atoms with van der Waals surface area (Å²) in [5.41, 5.74) is 8.03. The van der Waals surface area contributed by atoms with E-state index in [1.54, 1.807) is 6.07 Å². The molecule has 0 unspecified atom stereocenters. The maximum atomic E-state index is 13.1. The normalized spacial score (nSPS) is 12.8. The minimum atomic E-state index is -3.11. The number of ketones is 4. The minimum Gasteiger partial charge on any atom is -0.481 e. The number of aliphatic imine (C=N–C) groups is 1. The van der Waals surface area contributed by atoms with Crippen LogP contribution in [0.15, 0.2) is 29.3 Å². The summed E-state index contributed by atoms with van der Waals surface area (Å²) in [6, 6.07) is 7.46. The van der Waals surface area contributed by atoms with Gasteiger partial charge in [-0.05, 0) is 95.9 Å². The van der Waals surface area contributed by atoms with E-state index in [9.17, 15) is 28.8 Å². The van der Waals surface area contributed by atoms with E-state index in [-0.39, 0.29) is 40.4 Å². The molecule has 0 saturated heterocycles. The lowest BCUT2D eigenvalue weighted by Crippen LogP contribution is -2.28. The highest BCUT2D eigenvalue weighted by Gasteiger charge is 2.46. The van der Waals surface area contributed by atoms with Gasteiger partial charge in [-0.15, -0.1) is 37.9 Å². The lowest BCUT2D eigenvalue weighted by Gasteiger charge is -2.23. The number of carbonyl (C=O) groups is 6. The molecule has 0 bridgehead atoms. The maximum Gasteiger partial charge on any atom is 0.425 e. The highest BCUT2D eigenvalue weighted by molar-refractivity contribution is 9.09. The van der Waals surface area contributed by atoms with Gasteiger partial charge in [0.05, 0.1) is 16.7 Å². The van der Waals surface area contributed by atoms with E-state index < -0.39 is 43.8 Å². The number of aliphatic carboxylic acids is 2.